The molecule has 0 aromatic carbocycles. The van der Waals surface area contributed by atoms with Crippen molar-refractivity contribution in [3.05, 3.63) is 12.4 Å². The third-order valence-electron chi connectivity index (χ3n) is 2.76. The summed E-state index contributed by atoms with van der Waals surface area (Å²) in [5.74, 6) is 1.52. The van der Waals surface area contributed by atoms with E-state index in [0.717, 1.165) is 45.0 Å². The zero-order valence-electron chi connectivity index (χ0n) is 9.19. The highest BCUT2D eigenvalue weighted by Crippen LogP contribution is 2.17. The maximum Gasteiger partial charge on any atom is 0.157 e. The summed E-state index contributed by atoms with van der Waals surface area (Å²) in [5.41, 5.74) is 0. The van der Waals surface area contributed by atoms with Crippen molar-refractivity contribution < 1.29 is 9.47 Å². The Hall–Kier alpha value is -1.03. The van der Waals surface area contributed by atoms with Gasteiger partial charge in [-0.15, -0.1) is 0 Å². The van der Waals surface area contributed by atoms with Crippen LogP contribution in [0.2, 0.25) is 0 Å². The third kappa shape index (κ3) is 2.96. The van der Waals surface area contributed by atoms with Crippen molar-refractivity contribution in [3.8, 4) is 5.75 Å². The Bertz CT molecular complexity index is 293. The summed E-state index contributed by atoms with van der Waals surface area (Å²) in [4.78, 5) is 0. The lowest BCUT2D eigenvalue weighted by Gasteiger charge is -2.21. The van der Waals surface area contributed by atoms with Crippen molar-refractivity contribution in [1.29, 1.82) is 0 Å². The second-order valence-electron chi connectivity index (χ2n) is 3.90. The van der Waals surface area contributed by atoms with Gasteiger partial charge in [0.1, 0.15) is 0 Å². The zero-order valence-corrected chi connectivity index (χ0v) is 9.19. The highest BCUT2D eigenvalue weighted by molar-refractivity contribution is 5.11. The Balaban J connectivity index is 1.76. The van der Waals surface area contributed by atoms with Crippen LogP contribution in [0.1, 0.15) is 19.8 Å². The normalized spacial score (nSPS) is 17.9. The zero-order chi connectivity index (χ0) is 10.5. The van der Waals surface area contributed by atoms with Gasteiger partial charge in [0, 0.05) is 19.8 Å². The first-order valence-electron chi connectivity index (χ1n) is 5.61. The van der Waals surface area contributed by atoms with Gasteiger partial charge in [-0.1, -0.05) is 0 Å². The van der Waals surface area contributed by atoms with Gasteiger partial charge in [0.2, 0.25) is 0 Å². The van der Waals surface area contributed by atoms with Crippen LogP contribution in [0.5, 0.6) is 5.75 Å². The standard InChI is InChI=1S/C11H18N2O2/c1-2-13-8-11(7-12-13)15-9-10-3-5-14-6-4-10/h7-8,10H,2-6,9H2,1H3. The molecule has 0 spiro atoms. The van der Waals surface area contributed by atoms with Gasteiger partial charge in [0.15, 0.2) is 5.75 Å². The van der Waals surface area contributed by atoms with Gasteiger partial charge in [-0.25, -0.2) is 0 Å². The lowest BCUT2D eigenvalue weighted by atomic mass is 10.0. The van der Waals surface area contributed by atoms with Crippen molar-refractivity contribution >= 4 is 0 Å². The number of aromatic nitrogens is 2. The van der Waals surface area contributed by atoms with Crippen LogP contribution in [0.25, 0.3) is 0 Å². The molecule has 0 atom stereocenters. The van der Waals surface area contributed by atoms with E-state index in [1.807, 2.05) is 10.9 Å². The molecule has 4 heteroatoms. The highest BCUT2D eigenvalue weighted by atomic mass is 16.5. The van der Waals surface area contributed by atoms with Gasteiger partial charge in [-0.3, -0.25) is 4.68 Å². The summed E-state index contributed by atoms with van der Waals surface area (Å²) in [6, 6.07) is 0. The van der Waals surface area contributed by atoms with E-state index >= 15 is 0 Å². The lowest BCUT2D eigenvalue weighted by molar-refractivity contribution is 0.0497. The van der Waals surface area contributed by atoms with Gasteiger partial charge in [-0.05, 0) is 25.7 Å². The molecule has 1 fully saturated rings. The van der Waals surface area contributed by atoms with Crippen LogP contribution in [0, 0.1) is 5.92 Å². The minimum atomic E-state index is 0.642. The minimum Gasteiger partial charge on any atom is -0.490 e. The molecular formula is C11H18N2O2. The molecule has 0 radical (unpaired) electrons. The van der Waals surface area contributed by atoms with Crippen LogP contribution in [0.15, 0.2) is 12.4 Å². The first-order chi connectivity index (χ1) is 7.38. The first-order valence-corrected chi connectivity index (χ1v) is 5.61. The maximum atomic E-state index is 5.69. The van der Waals surface area contributed by atoms with Crippen LogP contribution < -0.4 is 4.74 Å². The molecule has 1 aliphatic rings. The van der Waals surface area contributed by atoms with Crippen molar-refractivity contribution in [1.82, 2.24) is 9.78 Å². The molecule has 1 aromatic rings. The number of nitrogens with zero attached hydrogens (tertiary/aromatic N) is 2. The monoisotopic (exact) mass is 210 g/mol. The largest absolute Gasteiger partial charge is 0.490 e. The average molecular weight is 210 g/mol. The maximum absolute atomic E-state index is 5.69. The Morgan fingerprint density at radius 3 is 3.00 bits per heavy atom. The lowest BCUT2D eigenvalue weighted by Crippen LogP contribution is -2.21. The molecule has 4 nitrogen and oxygen atoms in total. The van der Waals surface area contributed by atoms with Gasteiger partial charge >= 0.3 is 0 Å². The van der Waals surface area contributed by atoms with E-state index in [0.29, 0.717) is 5.92 Å². The molecule has 15 heavy (non-hydrogen) atoms. The molecule has 2 heterocycles. The van der Waals surface area contributed by atoms with E-state index in [1.54, 1.807) is 6.20 Å². The SMILES string of the molecule is CCn1cc(OCC2CCOCC2)cn1. The van der Waals surface area contributed by atoms with E-state index in [1.165, 1.54) is 0 Å². The third-order valence-corrected chi connectivity index (χ3v) is 2.76. The summed E-state index contributed by atoms with van der Waals surface area (Å²) < 4.78 is 12.9. The van der Waals surface area contributed by atoms with Gasteiger partial charge in [0.25, 0.3) is 0 Å². The minimum absolute atomic E-state index is 0.642. The molecule has 84 valence electrons. The molecule has 2 rings (SSSR count). The Morgan fingerprint density at radius 1 is 1.53 bits per heavy atom. The van der Waals surface area contributed by atoms with E-state index in [4.69, 9.17) is 9.47 Å². The molecule has 0 aliphatic carbocycles. The fraction of sp³-hybridized carbons (Fsp3) is 0.727. The number of rotatable bonds is 4. The van der Waals surface area contributed by atoms with E-state index in [-0.39, 0.29) is 0 Å². The summed E-state index contributed by atoms with van der Waals surface area (Å²) in [6.07, 6.45) is 5.95. The predicted molar refractivity (Wildman–Crippen MR) is 56.9 cm³/mol. The fourth-order valence-corrected chi connectivity index (χ4v) is 1.72. The van der Waals surface area contributed by atoms with Crippen LogP contribution in [0.4, 0.5) is 0 Å². The quantitative estimate of drug-likeness (QED) is 0.759. The van der Waals surface area contributed by atoms with Crippen LogP contribution in [-0.4, -0.2) is 29.6 Å². The fourth-order valence-electron chi connectivity index (χ4n) is 1.72. The first kappa shape index (κ1) is 10.5. The van der Waals surface area contributed by atoms with Gasteiger partial charge in [-0.2, -0.15) is 5.10 Å². The Labute approximate surface area is 90.2 Å². The number of aryl methyl sites for hydroxylation is 1. The van der Waals surface area contributed by atoms with E-state index in [9.17, 15) is 0 Å². The molecule has 0 saturated carbocycles. The van der Waals surface area contributed by atoms with Crippen molar-refractivity contribution in [2.45, 2.75) is 26.3 Å². The van der Waals surface area contributed by atoms with Gasteiger partial charge in [0.05, 0.1) is 19.0 Å². The molecule has 1 aliphatic heterocycles. The Morgan fingerprint density at radius 2 is 2.33 bits per heavy atom. The summed E-state index contributed by atoms with van der Waals surface area (Å²) in [5, 5.41) is 4.17. The molecule has 0 unspecified atom stereocenters. The van der Waals surface area contributed by atoms with Crippen LogP contribution in [0.3, 0.4) is 0 Å². The topological polar surface area (TPSA) is 36.3 Å². The van der Waals surface area contributed by atoms with Gasteiger partial charge < -0.3 is 9.47 Å². The molecule has 1 aromatic heterocycles. The van der Waals surface area contributed by atoms with Crippen molar-refractivity contribution in [2.24, 2.45) is 5.92 Å². The number of ether oxygens (including phenoxy) is 2. The van der Waals surface area contributed by atoms with Crippen LogP contribution >= 0.6 is 0 Å². The van der Waals surface area contributed by atoms with Crippen molar-refractivity contribution in [3.63, 3.8) is 0 Å². The molecule has 1 saturated heterocycles. The predicted octanol–water partition coefficient (Wildman–Crippen LogP) is 1.71. The van der Waals surface area contributed by atoms with Crippen molar-refractivity contribution in [2.75, 3.05) is 19.8 Å². The molecular weight excluding hydrogens is 192 g/mol. The Kier molecular flexibility index (Phi) is 3.61. The summed E-state index contributed by atoms with van der Waals surface area (Å²) >= 11 is 0. The van der Waals surface area contributed by atoms with E-state index < -0.39 is 0 Å². The smallest absolute Gasteiger partial charge is 0.157 e. The average Bonchev–Trinajstić information content (AvgIpc) is 2.76. The number of hydrogen-bond donors (Lipinski definition) is 0. The molecule has 0 N–H and O–H groups in total. The highest BCUT2D eigenvalue weighted by Gasteiger charge is 2.14. The number of hydrogen-bond acceptors (Lipinski definition) is 3. The second-order valence-corrected chi connectivity index (χ2v) is 3.90. The molecule has 0 bridgehead atoms. The molecule has 0 amide bonds. The summed E-state index contributed by atoms with van der Waals surface area (Å²) in [6.45, 7) is 5.50. The van der Waals surface area contributed by atoms with E-state index in [2.05, 4.69) is 12.0 Å². The van der Waals surface area contributed by atoms with Crippen LogP contribution in [-0.2, 0) is 11.3 Å². The second kappa shape index (κ2) is 5.16. The summed E-state index contributed by atoms with van der Waals surface area (Å²) in [7, 11) is 0.